The van der Waals surface area contributed by atoms with Crippen LogP contribution >= 0.6 is 0 Å². The van der Waals surface area contributed by atoms with Crippen molar-refractivity contribution in [3.8, 4) is 11.5 Å². The van der Waals surface area contributed by atoms with Gasteiger partial charge in [0.15, 0.2) is 11.5 Å². The SMILES string of the molecule is C[C@H](Cc1ccc2c(c1)OCO2)CN1CCc2c(nc(N3C[C@@H](C)O[C@H](C)C3)[nH]c2=O)C1. The van der Waals surface area contributed by atoms with Crippen molar-refractivity contribution in [2.75, 3.05) is 37.9 Å². The van der Waals surface area contributed by atoms with E-state index in [1.54, 1.807) is 0 Å². The Balaban J connectivity index is 1.25. The molecule has 8 heteroatoms. The molecule has 1 N–H and O–H groups in total. The van der Waals surface area contributed by atoms with E-state index in [4.69, 9.17) is 19.2 Å². The number of aromatic nitrogens is 2. The van der Waals surface area contributed by atoms with Crippen LogP contribution in [0.2, 0.25) is 0 Å². The maximum absolute atomic E-state index is 12.8. The number of anilines is 1. The van der Waals surface area contributed by atoms with Crippen molar-refractivity contribution >= 4 is 5.95 Å². The fourth-order valence-electron chi connectivity index (χ4n) is 5.11. The highest BCUT2D eigenvalue weighted by atomic mass is 16.7. The summed E-state index contributed by atoms with van der Waals surface area (Å²) in [5, 5.41) is 0. The molecule has 0 bridgehead atoms. The molecule has 5 rings (SSSR count). The molecular formula is C24H32N4O4. The highest BCUT2D eigenvalue weighted by Crippen LogP contribution is 2.33. The van der Waals surface area contributed by atoms with Crippen molar-refractivity contribution in [2.45, 2.75) is 52.4 Å². The molecule has 0 radical (unpaired) electrons. The highest BCUT2D eigenvalue weighted by Gasteiger charge is 2.27. The minimum Gasteiger partial charge on any atom is -0.454 e. The molecule has 3 aliphatic rings. The lowest BCUT2D eigenvalue weighted by molar-refractivity contribution is -0.00576. The van der Waals surface area contributed by atoms with Gasteiger partial charge in [-0.2, -0.15) is 0 Å². The van der Waals surface area contributed by atoms with E-state index in [0.717, 1.165) is 61.8 Å². The maximum Gasteiger partial charge on any atom is 0.255 e. The van der Waals surface area contributed by atoms with Crippen molar-refractivity contribution < 1.29 is 14.2 Å². The molecule has 172 valence electrons. The summed E-state index contributed by atoms with van der Waals surface area (Å²) in [7, 11) is 0. The molecule has 0 saturated carbocycles. The Morgan fingerprint density at radius 1 is 1.19 bits per heavy atom. The van der Waals surface area contributed by atoms with E-state index >= 15 is 0 Å². The molecule has 0 spiro atoms. The number of H-pyrrole nitrogens is 1. The summed E-state index contributed by atoms with van der Waals surface area (Å²) < 4.78 is 16.8. The Morgan fingerprint density at radius 2 is 1.97 bits per heavy atom. The highest BCUT2D eigenvalue weighted by molar-refractivity contribution is 5.44. The van der Waals surface area contributed by atoms with Gasteiger partial charge in [-0.15, -0.1) is 0 Å². The van der Waals surface area contributed by atoms with Crippen LogP contribution in [0.25, 0.3) is 0 Å². The second kappa shape index (κ2) is 8.75. The van der Waals surface area contributed by atoms with Crippen LogP contribution in [0.3, 0.4) is 0 Å². The van der Waals surface area contributed by atoms with E-state index in [2.05, 4.69) is 47.7 Å². The second-order valence-electron chi connectivity index (χ2n) is 9.46. The van der Waals surface area contributed by atoms with Gasteiger partial charge in [0.25, 0.3) is 5.56 Å². The molecule has 1 saturated heterocycles. The summed E-state index contributed by atoms with van der Waals surface area (Å²) in [5.41, 5.74) is 3.01. The molecular weight excluding hydrogens is 408 g/mol. The zero-order valence-electron chi connectivity index (χ0n) is 19.1. The van der Waals surface area contributed by atoms with Gasteiger partial charge in [0.05, 0.1) is 17.9 Å². The molecule has 0 unspecified atom stereocenters. The molecule has 4 heterocycles. The van der Waals surface area contributed by atoms with E-state index in [9.17, 15) is 4.79 Å². The zero-order chi connectivity index (χ0) is 22.2. The Morgan fingerprint density at radius 3 is 2.78 bits per heavy atom. The first-order valence-electron chi connectivity index (χ1n) is 11.6. The first-order chi connectivity index (χ1) is 15.4. The van der Waals surface area contributed by atoms with E-state index in [1.807, 2.05) is 6.07 Å². The molecule has 1 aromatic carbocycles. The smallest absolute Gasteiger partial charge is 0.255 e. The Bertz CT molecular complexity index is 1030. The van der Waals surface area contributed by atoms with Gasteiger partial charge in [-0.3, -0.25) is 14.7 Å². The number of nitrogens with zero attached hydrogens (tertiary/aromatic N) is 3. The monoisotopic (exact) mass is 440 g/mol. The van der Waals surface area contributed by atoms with Gasteiger partial charge >= 0.3 is 0 Å². The van der Waals surface area contributed by atoms with Crippen LogP contribution in [0.15, 0.2) is 23.0 Å². The van der Waals surface area contributed by atoms with Gasteiger partial charge in [0.1, 0.15) is 0 Å². The normalized spacial score (nSPS) is 23.8. The van der Waals surface area contributed by atoms with Crippen molar-refractivity contribution in [3.63, 3.8) is 0 Å². The van der Waals surface area contributed by atoms with Gasteiger partial charge in [-0.25, -0.2) is 4.98 Å². The minimum atomic E-state index is 0.00450. The lowest BCUT2D eigenvalue weighted by Gasteiger charge is -2.36. The van der Waals surface area contributed by atoms with Crippen LogP contribution in [0, 0.1) is 5.92 Å². The number of nitrogens with one attached hydrogen (secondary N) is 1. The predicted octanol–water partition coefficient (Wildman–Crippen LogP) is 2.35. The number of benzene rings is 1. The average Bonchev–Trinajstić information content (AvgIpc) is 3.20. The fraction of sp³-hybridized carbons (Fsp3) is 0.583. The molecule has 1 aromatic heterocycles. The average molecular weight is 441 g/mol. The van der Waals surface area contributed by atoms with Crippen molar-refractivity contribution in [1.29, 1.82) is 0 Å². The summed E-state index contributed by atoms with van der Waals surface area (Å²) in [4.78, 5) is 25.2. The molecule has 0 amide bonds. The van der Waals surface area contributed by atoms with E-state index < -0.39 is 0 Å². The van der Waals surface area contributed by atoms with Crippen LogP contribution < -0.4 is 19.9 Å². The topological polar surface area (TPSA) is 79.9 Å². The number of hydrogen-bond donors (Lipinski definition) is 1. The van der Waals surface area contributed by atoms with E-state index in [1.165, 1.54) is 5.56 Å². The second-order valence-corrected chi connectivity index (χ2v) is 9.46. The summed E-state index contributed by atoms with van der Waals surface area (Å²) >= 11 is 0. The van der Waals surface area contributed by atoms with Gasteiger partial charge in [0.2, 0.25) is 12.7 Å². The predicted molar refractivity (Wildman–Crippen MR) is 121 cm³/mol. The quantitative estimate of drug-likeness (QED) is 0.765. The number of ether oxygens (including phenoxy) is 3. The van der Waals surface area contributed by atoms with Crippen molar-refractivity contribution in [3.05, 3.63) is 45.4 Å². The number of fused-ring (bicyclic) bond motifs is 2. The Hall–Kier alpha value is -2.58. The summed E-state index contributed by atoms with van der Waals surface area (Å²) in [6.07, 6.45) is 1.95. The lowest BCUT2D eigenvalue weighted by atomic mass is 9.98. The molecule has 3 atom stereocenters. The Kier molecular flexibility index (Phi) is 5.82. The Labute approximate surface area is 188 Å². The first kappa shape index (κ1) is 21.3. The molecule has 8 nitrogen and oxygen atoms in total. The van der Waals surface area contributed by atoms with E-state index in [0.29, 0.717) is 25.2 Å². The molecule has 32 heavy (non-hydrogen) atoms. The van der Waals surface area contributed by atoms with Crippen LogP contribution in [0.4, 0.5) is 5.95 Å². The summed E-state index contributed by atoms with van der Waals surface area (Å²) in [6.45, 7) is 10.7. The van der Waals surface area contributed by atoms with Crippen molar-refractivity contribution in [1.82, 2.24) is 14.9 Å². The fourth-order valence-corrected chi connectivity index (χ4v) is 5.11. The molecule has 2 aromatic rings. The van der Waals surface area contributed by atoms with Crippen molar-refractivity contribution in [2.24, 2.45) is 5.92 Å². The van der Waals surface area contributed by atoms with Crippen LogP contribution in [0.5, 0.6) is 11.5 Å². The summed E-state index contributed by atoms with van der Waals surface area (Å²) in [5.74, 6) is 2.81. The lowest BCUT2D eigenvalue weighted by Crippen LogP contribution is -2.47. The number of morpholine rings is 1. The third-order valence-electron chi connectivity index (χ3n) is 6.45. The number of aromatic amines is 1. The molecule has 0 aliphatic carbocycles. The summed E-state index contributed by atoms with van der Waals surface area (Å²) in [6, 6.07) is 6.20. The number of rotatable bonds is 5. The minimum absolute atomic E-state index is 0.00450. The number of hydrogen-bond acceptors (Lipinski definition) is 7. The van der Waals surface area contributed by atoms with Gasteiger partial charge in [-0.1, -0.05) is 13.0 Å². The van der Waals surface area contributed by atoms with Crippen LogP contribution in [0.1, 0.15) is 37.6 Å². The molecule has 3 aliphatic heterocycles. The van der Waals surface area contributed by atoms with Gasteiger partial charge in [0, 0.05) is 38.3 Å². The van der Waals surface area contributed by atoms with Crippen LogP contribution in [-0.2, 0) is 24.1 Å². The largest absolute Gasteiger partial charge is 0.454 e. The molecule has 1 fully saturated rings. The first-order valence-corrected chi connectivity index (χ1v) is 11.6. The van der Waals surface area contributed by atoms with Gasteiger partial charge in [-0.05, 0) is 50.3 Å². The zero-order valence-corrected chi connectivity index (χ0v) is 19.1. The maximum atomic E-state index is 12.8. The van der Waals surface area contributed by atoms with Gasteiger partial charge < -0.3 is 19.1 Å². The third kappa shape index (κ3) is 4.47. The van der Waals surface area contributed by atoms with E-state index in [-0.39, 0.29) is 17.8 Å². The standard InChI is InChI=1S/C24H32N4O4/c1-15(8-18-4-5-21-22(9-18)31-14-30-21)10-27-7-6-19-20(13-27)25-24(26-23(19)29)28-11-16(2)32-17(3)12-28/h4-5,9,15-17H,6-8,10-14H2,1-3H3,(H,25,26,29)/t15-,16-,17-/m1/s1. The third-order valence-corrected chi connectivity index (χ3v) is 6.45. The van der Waals surface area contributed by atoms with Crippen LogP contribution in [-0.4, -0.2) is 60.0 Å².